The third-order valence-corrected chi connectivity index (χ3v) is 1.35. The molecular weight excluding hydrogens is 178 g/mol. The van der Waals surface area contributed by atoms with Gasteiger partial charge in [0.05, 0.1) is 0 Å². The number of hydrogen-bond donors (Lipinski definition) is 0. The van der Waals surface area contributed by atoms with E-state index in [1.165, 1.54) is 0 Å². The van der Waals surface area contributed by atoms with Crippen LogP contribution in [0.5, 0.6) is 0 Å². The van der Waals surface area contributed by atoms with Crippen LogP contribution in [0.25, 0.3) is 0 Å². The summed E-state index contributed by atoms with van der Waals surface area (Å²) in [5.41, 5.74) is 0. The molecule has 0 aromatic heterocycles. The van der Waals surface area contributed by atoms with Crippen LogP contribution in [0.3, 0.4) is 0 Å². The van der Waals surface area contributed by atoms with Gasteiger partial charge in [0.25, 0.3) is 6.47 Å². The molecule has 7 heavy (non-hydrogen) atoms. The predicted molar refractivity (Wildman–Crippen MR) is 30.5 cm³/mol. The Morgan fingerprint density at radius 3 is 1.86 bits per heavy atom. The van der Waals surface area contributed by atoms with Crippen molar-refractivity contribution in [1.29, 1.82) is 0 Å². The van der Waals surface area contributed by atoms with E-state index in [4.69, 9.17) is 33.2 Å². The maximum Gasteiger partial charge on any atom is 0.557 e. The van der Waals surface area contributed by atoms with E-state index < -0.39 is 6.25 Å². The molecule has 0 aliphatic carbocycles. The predicted octanol–water partition coefficient (Wildman–Crippen LogP) is 1.31. The zero-order valence-electron chi connectivity index (χ0n) is 3.03. The van der Waals surface area contributed by atoms with Crippen LogP contribution >= 0.6 is 33.2 Å². The molecule has 0 radical (unpaired) electrons. The minimum absolute atomic E-state index is 0.124. The van der Waals surface area contributed by atoms with E-state index in [-0.39, 0.29) is 6.47 Å². The molecule has 0 heterocycles. The van der Waals surface area contributed by atoms with Gasteiger partial charge in [0, 0.05) is 0 Å². The molecule has 0 amide bonds. The third kappa shape index (κ3) is 6.56. The standard InChI is InChI=1S/CHCl3O2Si/c2-7(3,4)6-1-5/h1H. The van der Waals surface area contributed by atoms with E-state index in [1.54, 1.807) is 0 Å². The Morgan fingerprint density at radius 1 is 1.43 bits per heavy atom. The third-order valence-electron chi connectivity index (χ3n) is 0.182. The Labute approximate surface area is 55.5 Å². The van der Waals surface area contributed by atoms with Crippen LogP contribution in [0.15, 0.2) is 0 Å². The summed E-state index contributed by atoms with van der Waals surface area (Å²) in [6, 6.07) is 0. The minimum Gasteiger partial charge on any atom is -0.483 e. The van der Waals surface area contributed by atoms with E-state index in [1.807, 2.05) is 0 Å². The highest BCUT2D eigenvalue weighted by Gasteiger charge is 2.28. The van der Waals surface area contributed by atoms with Gasteiger partial charge < -0.3 is 4.43 Å². The van der Waals surface area contributed by atoms with Crippen LogP contribution < -0.4 is 0 Å². The van der Waals surface area contributed by atoms with Crippen molar-refractivity contribution in [2.45, 2.75) is 0 Å². The molecule has 0 saturated carbocycles. The summed E-state index contributed by atoms with van der Waals surface area (Å²) in [6.07, 6.45) is -3.11. The van der Waals surface area contributed by atoms with Gasteiger partial charge in [-0.25, -0.2) is 0 Å². The van der Waals surface area contributed by atoms with Crippen LogP contribution in [-0.4, -0.2) is 12.7 Å². The molecule has 0 aliphatic rings. The van der Waals surface area contributed by atoms with E-state index in [0.717, 1.165) is 0 Å². The van der Waals surface area contributed by atoms with E-state index >= 15 is 0 Å². The van der Waals surface area contributed by atoms with Crippen LogP contribution in [-0.2, 0) is 9.22 Å². The lowest BCUT2D eigenvalue weighted by Gasteiger charge is -2.00. The highest BCUT2D eigenvalue weighted by atomic mass is 35.8. The second-order valence-electron chi connectivity index (χ2n) is 0.660. The molecule has 6 heteroatoms. The summed E-state index contributed by atoms with van der Waals surface area (Å²) in [7, 11) is 0. The van der Waals surface area contributed by atoms with Crippen molar-refractivity contribution in [2.24, 2.45) is 0 Å². The Hall–Kier alpha value is 0.557. The Kier molecular flexibility index (Phi) is 2.99. The average molecular weight is 179 g/mol. The smallest absolute Gasteiger partial charge is 0.483 e. The lowest BCUT2D eigenvalue weighted by atomic mass is 11.7. The SMILES string of the molecule is O=CO[Si](Cl)(Cl)Cl. The van der Waals surface area contributed by atoms with Crippen molar-refractivity contribution in [3.8, 4) is 0 Å². The first-order valence-electron chi connectivity index (χ1n) is 1.24. The molecule has 0 atom stereocenters. The maximum atomic E-state index is 9.38. The highest BCUT2D eigenvalue weighted by molar-refractivity contribution is 7.62. The first-order chi connectivity index (χ1) is 3.06. The Morgan fingerprint density at radius 2 is 1.86 bits per heavy atom. The minimum atomic E-state index is -3.11. The summed E-state index contributed by atoms with van der Waals surface area (Å²) in [6.45, 7) is 0.124. The summed E-state index contributed by atoms with van der Waals surface area (Å²) in [5.74, 6) is 0. The van der Waals surface area contributed by atoms with Gasteiger partial charge in [-0.15, -0.1) is 0 Å². The summed E-state index contributed by atoms with van der Waals surface area (Å²) >= 11 is 15.1. The van der Waals surface area contributed by atoms with Crippen LogP contribution in [0.4, 0.5) is 0 Å². The fourth-order valence-electron chi connectivity index (χ4n) is 0.0546. The van der Waals surface area contributed by atoms with Gasteiger partial charge in [-0.05, 0) is 0 Å². The van der Waals surface area contributed by atoms with Crippen LogP contribution in [0.1, 0.15) is 0 Å². The number of halogens is 3. The summed E-state index contributed by atoms with van der Waals surface area (Å²) < 4.78 is 3.98. The van der Waals surface area contributed by atoms with Gasteiger partial charge in [-0.2, -0.15) is 0 Å². The zero-order valence-corrected chi connectivity index (χ0v) is 6.30. The largest absolute Gasteiger partial charge is 0.557 e. The van der Waals surface area contributed by atoms with Crippen LogP contribution in [0.2, 0.25) is 0 Å². The Balaban J connectivity index is 3.34. The molecule has 0 fully saturated rings. The summed E-state index contributed by atoms with van der Waals surface area (Å²) in [5, 5.41) is 0. The first kappa shape index (κ1) is 7.56. The highest BCUT2D eigenvalue weighted by Crippen LogP contribution is 2.18. The second kappa shape index (κ2) is 2.77. The molecule has 0 N–H and O–H groups in total. The number of rotatable bonds is 2. The zero-order chi connectivity index (χ0) is 5.91. The normalized spacial score (nSPS) is 10.7. The van der Waals surface area contributed by atoms with Gasteiger partial charge in [0.2, 0.25) is 0 Å². The van der Waals surface area contributed by atoms with Crippen LogP contribution in [0, 0.1) is 0 Å². The quantitative estimate of drug-likeness (QED) is 0.363. The molecule has 0 aromatic carbocycles. The van der Waals surface area contributed by atoms with Gasteiger partial charge in [0.1, 0.15) is 0 Å². The van der Waals surface area contributed by atoms with Crippen molar-refractivity contribution in [2.75, 3.05) is 0 Å². The maximum absolute atomic E-state index is 9.38. The molecule has 42 valence electrons. The molecule has 0 rings (SSSR count). The molecule has 0 spiro atoms. The lowest BCUT2D eigenvalue weighted by Crippen LogP contribution is -2.13. The monoisotopic (exact) mass is 178 g/mol. The Bertz CT molecular complexity index is 67.8. The van der Waals surface area contributed by atoms with E-state index in [2.05, 4.69) is 4.43 Å². The second-order valence-corrected chi connectivity index (χ2v) is 8.32. The van der Waals surface area contributed by atoms with Gasteiger partial charge in [0.15, 0.2) is 0 Å². The average Bonchev–Trinajstić information content (AvgIpc) is 1.30. The van der Waals surface area contributed by atoms with Crippen molar-refractivity contribution < 1.29 is 9.22 Å². The molecule has 0 saturated heterocycles. The van der Waals surface area contributed by atoms with Gasteiger partial charge >= 0.3 is 6.25 Å². The number of carbonyl (C=O) groups is 1. The van der Waals surface area contributed by atoms with Gasteiger partial charge in [-0.3, -0.25) is 4.79 Å². The van der Waals surface area contributed by atoms with Crippen molar-refractivity contribution >= 4 is 46.0 Å². The topological polar surface area (TPSA) is 26.3 Å². The fraction of sp³-hybridized carbons (Fsp3) is 0. The van der Waals surface area contributed by atoms with E-state index in [0.29, 0.717) is 0 Å². The fourth-order valence-corrected chi connectivity index (χ4v) is 0.491. The molecular formula is CHCl3O2Si. The van der Waals surface area contributed by atoms with Crippen molar-refractivity contribution in [3.05, 3.63) is 0 Å². The van der Waals surface area contributed by atoms with E-state index in [9.17, 15) is 4.79 Å². The lowest BCUT2D eigenvalue weighted by molar-refractivity contribution is -0.120. The molecule has 0 aliphatic heterocycles. The summed E-state index contributed by atoms with van der Waals surface area (Å²) in [4.78, 5) is 9.38. The number of carbonyl (C=O) groups excluding carboxylic acids is 1. The molecule has 0 aromatic rings. The molecule has 2 nitrogen and oxygen atoms in total. The van der Waals surface area contributed by atoms with Gasteiger partial charge in [-0.1, -0.05) is 33.2 Å². The van der Waals surface area contributed by atoms with Crippen molar-refractivity contribution in [3.63, 3.8) is 0 Å². The number of hydrogen-bond acceptors (Lipinski definition) is 2. The van der Waals surface area contributed by atoms with Crippen molar-refractivity contribution in [1.82, 2.24) is 0 Å². The first-order valence-corrected chi connectivity index (χ1v) is 6.19. The molecule has 0 unspecified atom stereocenters. The molecule has 0 bridgehead atoms.